The first-order valence-electron chi connectivity index (χ1n) is 7.22. The van der Waals surface area contributed by atoms with Gasteiger partial charge in [-0.25, -0.2) is 0 Å². The summed E-state index contributed by atoms with van der Waals surface area (Å²) in [5.41, 5.74) is 1.03. The minimum absolute atomic E-state index is 0.307. The van der Waals surface area contributed by atoms with E-state index < -0.39 is 0 Å². The maximum Gasteiger partial charge on any atom is 0.119 e. The molecule has 0 radical (unpaired) electrons. The molecule has 1 aromatic carbocycles. The van der Waals surface area contributed by atoms with E-state index in [-0.39, 0.29) is 6.10 Å². The molecular weight excluding hydrogens is 224 g/mol. The predicted molar refractivity (Wildman–Crippen MR) is 73.8 cm³/mol. The molecule has 1 saturated carbocycles. The van der Waals surface area contributed by atoms with Crippen LogP contribution in [0, 0.1) is 5.92 Å². The third kappa shape index (κ3) is 3.49. The van der Waals surface area contributed by atoms with E-state index in [0.717, 1.165) is 24.2 Å². The normalized spacial score (nSPS) is 19.2. The first-order chi connectivity index (χ1) is 8.81. The van der Waals surface area contributed by atoms with E-state index in [9.17, 15) is 5.11 Å². The highest BCUT2D eigenvalue weighted by atomic mass is 16.5. The van der Waals surface area contributed by atoms with Crippen LogP contribution in [0.4, 0.5) is 0 Å². The van der Waals surface area contributed by atoms with Crippen LogP contribution in [0.15, 0.2) is 24.3 Å². The SMILES string of the molecule is CCOc1ccc(C(O)C2CCCCCC2)cc1. The lowest BCUT2D eigenvalue weighted by Gasteiger charge is -2.21. The van der Waals surface area contributed by atoms with Gasteiger partial charge in [-0.1, -0.05) is 37.8 Å². The number of aliphatic hydroxyl groups excluding tert-OH is 1. The average molecular weight is 248 g/mol. The summed E-state index contributed by atoms with van der Waals surface area (Å²) < 4.78 is 5.42. The molecule has 2 nitrogen and oxygen atoms in total. The molecule has 0 heterocycles. The Hall–Kier alpha value is -1.02. The van der Waals surface area contributed by atoms with Crippen LogP contribution in [-0.4, -0.2) is 11.7 Å². The lowest BCUT2D eigenvalue weighted by molar-refractivity contribution is 0.0987. The van der Waals surface area contributed by atoms with Crippen molar-refractivity contribution >= 4 is 0 Å². The number of rotatable bonds is 4. The first kappa shape index (κ1) is 13.4. The van der Waals surface area contributed by atoms with Crippen molar-refractivity contribution in [1.29, 1.82) is 0 Å². The summed E-state index contributed by atoms with van der Waals surface area (Å²) in [6, 6.07) is 7.92. The molecule has 1 aliphatic rings. The lowest BCUT2D eigenvalue weighted by Crippen LogP contribution is -2.11. The standard InChI is InChI=1S/C16H24O2/c1-2-18-15-11-9-14(10-12-15)16(17)13-7-5-3-4-6-8-13/h9-13,16-17H,2-8H2,1H3. The van der Waals surface area contributed by atoms with Crippen LogP contribution in [0.25, 0.3) is 0 Å². The molecule has 1 aliphatic carbocycles. The number of hydrogen-bond donors (Lipinski definition) is 1. The molecule has 0 bridgehead atoms. The fourth-order valence-electron chi connectivity index (χ4n) is 2.83. The Labute approximate surface area is 110 Å². The van der Waals surface area contributed by atoms with Crippen LogP contribution in [0.2, 0.25) is 0 Å². The van der Waals surface area contributed by atoms with Gasteiger partial charge < -0.3 is 9.84 Å². The van der Waals surface area contributed by atoms with E-state index in [2.05, 4.69) is 0 Å². The molecule has 0 spiro atoms. The highest BCUT2D eigenvalue weighted by molar-refractivity contribution is 5.28. The summed E-state index contributed by atoms with van der Waals surface area (Å²) in [4.78, 5) is 0. The van der Waals surface area contributed by atoms with Crippen molar-refractivity contribution in [3.63, 3.8) is 0 Å². The molecule has 1 N–H and O–H groups in total. The minimum Gasteiger partial charge on any atom is -0.494 e. The van der Waals surface area contributed by atoms with Gasteiger partial charge in [0, 0.05) is 0 Å². The van der Waals surface area contributed by atoms with E-state index in [0.29, 0.717) is 12.5 Å². The van der Waals surface area contributed by atoms with Crippen molar-refractivity contribution in [2.75, 3.05) is 6.61 Å². The molecule has 2 rings (SSSR count). The van der Waals surface area contributed by atoms with Gasteiger partial charge in [-0.05, 0) is 43.4 Å². The van der Waals surface area contributed by atoms with E-state index >= 15 is 0 Å². The van der Waals surface area contributed by atoms with Crippen molar-refractivity contribution in [3.05, 3.63) is 29.8 Å². The van der Waals surface area contributed by atoms with E-state index in [1.54, 1.807) is 0 Å². The zero-order valence-corrected chi connectivity index (χ0v) is 11.3. The Bertz CT molecular complexity index is 337. The summed E-state index contributed by atoms with van der Waals surface area (Å²) >= 11 is 0. The second-order valence-corrected chi connectivity index (χ2v) is 5.20. The molecule has 1 fully saturated rings. The molecule has 0 aromatic heterocycles. The fourth-order valence-corrected chi connectivity index (χ4v) is 2.83. The molecule has 1 unspecified atom stereocenters. The third-order valence-electron chi connectivity index (χ3n) is 3.88. The van der Waals surface area contributed by atoms with Crippen molar-refractivity contribution < 1.29 is 9.84 Å². The minimum atomic E-state index is -0.307. The topological polar surface area (TPSA) is 29.5 Å². The third-order valence-corrected chi connectivity index (χ3v) is 3.88. The van der Waals surface area contributed by atoms with Gasteiger partial charge in [0.05, 0.1) is 12.7 Å². The molecule has 0 amide bonds. The van der Waals surface area contributed by atoms with Crippen LogP contribution >= 0.6 is 0 Å². The van der Waals surface area contributed by atoms with Gasteiger partial charge in [-0.2, -0.15) is 0 Å². The maximum atomic E-state index is 10.5. The van der Waals surface area contributed by atoms with Crippen LogP contribution in [-0.2, 0) is 0 Å². The largest absolute Gasteiger partial charge is 0.494 e. The second kappa shape index (κ2) is 6.79. The summed E-state index contributed by atoms with van der Waals surface area (Å²) in [6.45, 7) is 2.67. The van der Waals surface area contributed by atoms with Crippen LogP contribution in [0.3, 0.4) is 0 Å². The monoisotopic (exact) mass is 248 g/mol. The van der Waals surface area contributed by atoms with Crippen molar-refractivity contribution in [2.45, 2.75) is 51.6 Å². The van der Waals surface area contributed by atoms with Crippen molar-refractivity contribution in [3.8, 4) is 5.75 Å². The Morgan fingerprint density at radius 3 is 2.28 bits per heavy atom. The quantitative estimate of drug-likeness (QED) is 0.813. The van der Waals surface area contributed by atoms with Crippen LogP contribution < -0.4 is 4.74 Å². The highest BCUT2D eigenvalue weighted by Gasteiger charge is 2.21. The van der Waals surface area contributed by atoms with Crippen molar-refractivity contribution in [1.82, 2.24) is 0 Å². The first-order valence-corrected chi connectivity index (χ1v) is 7.22. The Balaban J connectivity index is 2.00. The van der Waals surface area contributed by atoms with Crippen molar-refractivity contribution in [2.24, 2.45) is 5.92 Å². The number of aliphatic hydroxyl groups is 1. The summed E-state index contributed by atoms with van der Waals surface area (Å²) in [5.74, 6) is 1.32. The maximum absolute atomic E-state index is 10.5. The molecule has 18 heavy (non-hydrogen) atoms. The molecule has 100 valence electrons. The number of benzene rings is 1. The van der Waals surface area contributed by atoms with E-state index in [1.165, 1.54) is 25.7 Å². The van der Waals surface area contributed by atoms with Gasteiger partial charge in [0.25, 0.3) is 0 Å². The van der Waals surface area contributed by atoms with Gasteiger partial charge in [0.1, 0.15) is 5.75 Å². The Morgan fingerprint density at radius 2 is 1.72 bits per heavy atom. The zero-order valence-electron chi connectivity index (χ0n) is 11.3. The molecule has 0 aliphatic heterocycles. The molecule has 1 aromatic rings. The highest BCUT2D eigenvalue weighted by Crippen LogP contribution is 2.33. The summed E-state index contributed by atoms with van der Waals surface area (Å²) in [6.07, 6.45) is 7.19. The van der Waals surface area contributed by atoms with Gasteiger partial charge in [0.15, 0.2) is 0 Å². The molecule has 1 atom stereocenters. The predicted octanol–water partition coefficient (Wildman–Crippen LogP) is 4.09. The van der Waals surface area contributed by atoms with Crippen LogP contribution in [0.1, 0.15) is 57.1 Å². The lowest BCUT2D eigenvalue weighted by atomic mass is 9.89. The number of hydrogen-bond acceptors (Lipinski definition) is 2. The molecular formula is C16H24O2. The zero-order chi connectivity index (χ0) is 12.8. The van der Waals surface area contributed by atoms with Gasteiger partial charge in [-0.15, -0.1) is 0 Å². The summed E-state index contributed by atoms with van der Waals surface area (Å²) in [7, 11) is 0. The molecule has 0 saturated heterocycles. The van der Waals surface area contributed by atoms with E-state index in [4.69, 9.17) is 4.74 Å². The van der Waals surface area contributed by atoms with E-state index in [1.807, 2.05) is 31.2 Å². The van der Waals surface area contributed by atoms with Crippen LogP contribution in [0.5, 0.6) is 5.75 Å². The molecule has 2 heteroatoms. The fraction of sp³-hybridized carbons (Fsp3) is 0.625. The summed E-state index contributed by atoms with van der Waals surface area (Å²) in [5, 5.41) is 10.5. The Morgan fingerprint density at radius 1 is 1.11 bits per heavy atom. The number of ether oxygens (including phenoxy) is 1. The average Bonchev–Trinajstić information content (AvgIpc) is 2.68. The smallest absolute Gasteiger partial charge is 0.119 e. The second-order valence-electron chi connectivity index (χ2n) is 5.20. The van der Waals surface area contributed by atoms with Gasteiger partial charge >= 0.3 is 0 Å². The Kier molecular flexibility index (Phi) is 5.06. The van der Waals surface area contributed by atoms with Gasteiger partial charge in [0.2, 0.25) is 0 Å². The van der Waals surface area contributed by atoms with Gasteiger partial charge in [-0.3, -0.25) is 0 Å².